The van der Waals surface area contributed by atoms with Crippen LogP contribution in [-0.2, 0) is 22.6 Å². The smallest absolute Gasteiger partial charge is 0.270 e. The Balaban J connectivity index is 1.29. The van der Waals surface area contributed by atoms with Gasteiger partial charge in [0.05, 0.1) is 24.7 Å². The third-order valence-electron chi connectivity index (χ3n) is 6.32. The highest BCUT2D eigenvalue weighted by Crippen LogP contribution is 2.21. The number of ether oxygens (including phenoxy) is 2. The minimum absolute atomic E-state index is 0.0651. The monoisotopic (exact) mass is 477 g/mol. The van der Waals surface area contributed by atoms with Gasteiger partial charge in [-0.15, -0.1) is 0 Å². The Hall–Kier alpha value is -3.33. The lowest BCUT2D eigenvalue weighted by Gasteiger charge is -2.32. The second kappa shape index (κ2) is 11.9. The molecule has 0 spiro atoms. The third-order valence-corrected chi connectivity index (χ3v) is 6.32. The van der Waals surface area contributed by atoms with E-state index in [0.29, 0.717) is 25.4 Å². The number of nitrogens with one attached hydrogen (secondary N) is 1. The highest BCUT2D eigenvalue weighted by molar-refractivity contribution is 5.95. The van der Waals surface area contributed by atoms with Crippen LogP contribution in [0.4, 0.5) is 5.69 Å². The van der Waals surface area contributed by atoms with E-state index in [-0.39, 0.29) is 17.6 Å². The Kier molecular flexibility index (Phi) is 8.41. The van der Waals surface area contributed by atoms with Gasteiger partial charge in [0.15, 0.2) is 0 Å². The number of benzene rings is 3. The van der Waals surface area contributed by atoms with Crippen LogP contribution < -0.4 is 5.32 Å². The number of nitrogens with zero attached hydrogens (tertiary/aromatic N) is 2. The first-order valence-electron chi connectivity index (χ1n) is 11.9. The Morgan fingerprint density at radius 3 is 2.51 bits per heavy atom. The molecule has 0 atom stereocenters. The van der Waals surface area contributed by atoms with E-state index in [2.05, 4.69) is 46.6 Å². The van der Waals surface area contributed by atoms with Crippen molar-refractivity contribution in [2.24, 2.45) is 0 Å². The fourth-order valence-electron chi connectivity index (χ4n) is 4.39. The van der Waals surface area contributed by atoms with Gasteiger partial charge in [-0.05, 0) is 52.9 Å². The first kappa shape index (κ1) is 24.8. The van der Waals surface area contributed by atoms with Gasteiger partial charge in [0, 0.05) is 50.5 Å². The van der Waals surface area contributed by atoms with Crippen molar-refractivity contribution in [2.45, 2.75) is 32.0 Å². The Bertz CT molecular complexity index is 1170. The number of nitro groups is 1. The first-order valence-corrected chi connectivity index (χ1v) is 11.9. The number of piperidine rings is 1. The van der Waals surface area contributed by atoms with Gasteiger partial charge in [0.25, 0.3) is 11.6 Å². The van der Waals surface area contributed by atoms with Gasteiger partial charge < -0.3 is 14.8 Å². The predicted molar refractivity (Wildman–Crippen MR) is 134 cm³/mol. The number of likely N-dealkylation sites (tertiary alicyclic amines) is 1. The minimum atomic E-state index is -0.486. The van der Waals surface area contributed by atoms with Crippen molar-refractivity contribution in [2.75, 3.05) is 33.4 Å². The predicted octanol–water partition coefficient (Wildman–Crippen LogP) is 4.31. The van der Waals surface area contributed by atoms with Gasteiger partial charge in [0.1, 0.15) is 0 Å². The van der Waals surface area contributed by atoms with E-state index in [1.165, 1.54) is 34.5 Å². The molecule has 0 aromatic heterocycles. The maximum Gasteiger partial charge on any atom is 0.270 e. The lowest BCUT2D eigenvalue weighted by Crippen LogP contribution is -2.44. The van der Waals surface area contributed by atoms with Gasteiger partial charge in [0.2, 0.25) is 0 Å². The van der Waals surface area contributed by atoms with Crippen molar-refractivity contribution in [1.82, 2.24) is 10.2 Å². The zero-order chi connectivity index (χ0) is 24.6. The fraction of sp³-hybridized carbons (Fsp3) is 0.370. The molecule has 1 aliphatic rings. The highest BCUT2D eigenvalue weighted by atomic mass is 16.6. The SMILES string of the molecule is COCCOCc1ccc2ccc(CN3CCC(NC(=O)c4cccc([N+](=O)[O-])c4)CC3)cc2c1. The maximum absolute atomic E-state index is 12.5. The molecule has 1 fully saturated rings. The van der Waals surface area contributed by atoms with Crippen LogP contribution in [0.25, 0.3) is 10.8 Å². The molecule has 35 heavy (non-hydrogen) atoms. The zero-order valence-electron chi connectivity index (χ0n) is 19.9. The highest BCUT2D eigenvalue weighted by Gasteiger charge is 2.22. The van der Waals surface area contributed by atoms with Crippen LogP contribution in [0.15, 0.2) is 60.7 Å². The van der Waals surface area contributed by atoms with Crippen LogP contribution in [0.2, 0.25) is 0 Å². The van der Waals surface area contributed by atoms with Crippen LogP contribution >= 0.6 is 0 Å². The molecule has 1 saturated heterocycles. The van der Waals surface area contributed by atoms with Crippen molar-refractivity contribution >= 4 is 22.4 Å². The molecule has 8 nitrogen and oxygen atoms in total. The van der Waals surface area contributed by atoms with E-state index >= 15 is 0 Å². The Labute approximate surface area is 205 Å². The third kappa shape index (κ3) is 6.85. The summed E-state index contributed by atoms with van der Waals surface area (Å²) in [4.78, 5) is 25.4. The second-order valence-corrected chi connectivity index (χ2v) is 8.89. The van der Waals surface area contributed by atoms with Gasteiger partial charge in [-0.3, -0.25) is 19.8 Å². The molecule has 0 bridgehead atoms. The number of methoxy groups -OCH3 is 1. The molecule has 0 radical (unpaired) electrons. The molecule has 8 heteroatoms. The zero-order valence-corrected chi connectivity index (χ0v) is 19.9. The van der Waals surface area contributed by atoms with Gasteiger partial charge >= 0.3 is 0 Å². The number of hydrogen-bond donors (Lipinski definition) is 1. The van der Waals surface area contributed by atoms with Crippen molar-refractivity contribution in [1.29, 1.82) is 0 Å². The number of carbonyl (C=O) groups is 1. The number of amides is 1. The molecular formula is C27H31N3O5. The summed E-state index contributed by atoms with van der Waals surface area (Å²) in [7, 11) is 1.67. The van der Waals surface area contributed by atoms with E-state index in [1.807, 2.05) is 0 Å². The van der Waals surface area contributed by atoms with Crippen LogP contribution in [0.5, 0.6) is 0 Å². The standard InChI is InChI=1S/C27H31N3O5/c1-34-13-14-35-19-21-6-8-22-7-5-20(15-24(22)16-21)18-29-11-9-25(10-12-29)28-27(31)23-3-2-4-26(17-23)30(32)33/h2-8,15-17,25H,9-14,18-19H2,1H3,(H,28,31). The summed E-state index contributed by atoms with van der Waals surface area (Å²) in [5.74, 6) is -0.260. The molecule has 184 valence electrons. The van der Waals surface area contributed by atoms with Crippen molar-refractivity contribution in [3.63, 3.8) is 0 Å². The second-order valence-electron chi connectivity index (χ2n) is 8.89. The maximum atomic E-state index is 12.5. The molecular weight excluding hydrogens is 446 g/mol. The Morgan fingerprint density at radius 1 is 1.03 bits per heavy atom. The van der Waals surface area contributed by atoms with E-state index in [4.69, 9.17) is 9.47 Å². The molecule has 1 amide bonds. The molecule has 1 N–H and O–H groups in total. The lowest BCUT2D eigenvalue weighted by molar-refractivity contribution is -0.384. The summed E-state index contributed by atoms with van der Waals surface area (Å²) in [6.07, 6.45) is 1.69. The van der Waals surface area contributed by atoms with Crippen molar-refractivity contribution in [3.05, 3.63) is 87.5 Å². The fourth-order valence-corrected chi connectivity index (χ4v) is 4.39. The van der Waals surface area contributed by atoms with Crippen LogP contribution in [0.1, 0.15) is 34.3 Å². The number of carbonyl (C=O) groups excluding carboxylic acids is 1. The number of rotatable bonds is 10. The molecule has 3 aromatic rings. The summed E-state index contributed by atoms with van der Waals surface area (Å²) in [6.45, 7) is 4.36. The summed E-state index contributed by atoms with van der Waals surface area (Å²) in [6, 6.07) is 18.9. The topological polar surface area (TPSA) is 93.9 Å². The molecule has 4 rings (SSSR count). The van der Waals surface area contributed by atoms with E-state index in [1.54, 1.807) is 13.2 Å². The quantitative estimate of drug-likeness (QED) is 0.266. The number of hydrogen-bond acceptors (Lipinski definition) is 6. The summed E-state index contributed by atoms with van der Waals surface area (Å²) in [5.41, 5.74) is 2.65. The number of non-ortho nitro benzene ring substituents is 1. The first-order chi connectivity index (χ1) is 17.0. The van der Waals surface area contributed by atoms with E-state index < -0.39 is 4.92 Å². The van der Waals surface area contributed by atoms with Crippen molar-refractivity contribution in [3.8, 4) is 0 Å². The van der Waals surface area contributed by atoms with Gasteiger partial charge in [-0.1, -0.05) is 30.3 Å². The summed E-state index contributed by atoms with van der Waals surface area (Å²) < 4.78 is 10.7. The average Bonchev–Trinajstić information content (AvgIpc) is 2.87. The molecule has 1 aliphatic heterocycles. The molecule has 0 saturated carbocycles. The van der Waals surface area contributed by atoms with Crippen LogP contribution in [0.3, 0.4) is 0 Å². The Morgan fingerprint density at radius 2 is 1.77 bits per heavy atom. The molecule has 1 heterocycles. The molecule has 0 unspecified atom stereocenters. The molecule has 3 aromatic carbocycles. The summed E-state index contributed by atoms with van der Waals surface area (Å²) >= 11 is 0. The summed E-state index contributed by atoms with van der Waals surface area (Å²) in [5, 5.41) is 16.4. The number of nitro benzene ring substituents is 1. The van der Waals surface area contributed by atoms with Crippen LogP contribution in [0, 0.1) is 10.1 Å². The van der Waals surface area contributed by atoms with E-state index in [9.17, 15) is 14.9 Å². The largest absolute Gasteiger partial charge is 0.382 e. The molecule has 0 aliphatic carbocycles. The van der Waals surface area contributed by atoms with Gasteiger partial charge in [-0.25, -0.2) is 0 Å². The minimum Gasteiger partial charge on any atom is -0.382 e. The van der Waals surface area contributed by atoms with E-state index in [0.717, 1.165) is 38.0 Å². The van der Waals surface area contributed by atoms with Crippen LogP contribution in [-0.4, -0.2) is 55.2 Å². The normalized spacial score (nSPS) is 14.8. The number of fused-ring (bicyclic) bond motifs is 1. The average molecular weight is 478 g/mol. The van der Waals surface area contributed by atoms with Gasteiger partial charge in [-0.2, -0.15) is 0 Å². The lowest BCUT2D eigenvalue weighted by atomic mass is 10.0. The van der Waals surface area contributed by atoms with Crippen molar-refractivity contribution < 1.29 is 19.2 Å².